The number of amides is 4. The summed E-state index contributed by atoms with van der Waals surface area (Å²) in [5.41, 5.74) is 2.74. The summed E-state index contributed by atoms with van der Waals surface area (Å²) < 4.78 is 15.2. The number of carbonyl (C=O) groups is 6. The van der Waals surface area contributed by atoms with Gasteiger partial charge in [0.15, 0.2) is 0 Å². The molecule has 0 bridgehead atoms. The molecule has 0 unspecified atom stereocenters. The molecule has 338 valence electrons. The zero-order valence-corrected chi connectivity index (χ0v) is 37.4. The largest absolute Gasteiger partial charge is 1.00 e. The van der Waals surface area contributed by atoms with Gasteiger partial charge in [-0.05, 0) is 86.1 Å². The molecule has 4 amide bonds. The summed E-state index contributed by atoms with van der Waals surface area (Å²) in [4.78, 5) is 98.1. The molecular weight excluding hydrogens is 835 g/mol. The van der Waals surface area contributed by atoms with Crippen molar-refractivity contribution in [3.05, 3.63) is 94.6 Å². The van der Waals surface area contributed by atoms with Gasteiger partial charge in [0.1, 0.15) is 11.5 Å². The molecule has 4 aliphatic heterocycles. The summed E-state index contributed by atoms with van der Waals surface area (Å²) in [5, 5.41) is 8.98. The number of rotatable bonds is 10. The molecule has 8 rings (SSSR count). The Morgan fingerprint density at radius 1 is 0.631 bits per heavy atom. The molecule has 2 aromatic heterocycles. The second-order valence-electron chi connectivity index (χ2n) is 16.4. The van der Waals surface area contributed by atoms with Crippen LogP contribution in [0, 0.1) is 24.7 Å². The van der Waals surface area contributed by atoms with E-state index in [2.05, 4.69) is 24.7 Å². The summed E-state index contributed by atoms with van der Waals surface area (Å²) in [6, 6.07) is 11.3. The molecule has 0 radical (unpaired) electrons. The molecule has 4 saturated heterocycles. The minimum Gasteiger partial charge on any atom is -0.870 e. The van der Waals surface area contributed by atoms with Crippen LogP contribution in [0.2, 0.25) is 0 Å². The molecule has 20 heteroatoms. The van der Waals surface area contributed by atoms with Crippen molar-refractivity contribution in [2.75, 3.05) is 57.3 Å². The molecule has 2 N–H and O–H groups in total. The number of methoxy groups -OCH3 is 3. The Morgan fingerprint density at radius 3 is 1.34 bits per heavy atom. The number of carbonyl (C=O) groups excluding carboxylic acids is 5. The van der Waals surface area contributed by atoms with E-state index in [-0.39, 0.29) is 85.0 Å². The van der Waals surface area contributed by atoms with Crippen LogP contribution in [0.1, 0.15) is 81.5 Å². The zero-order chi connectivity index (χ0) is 45.1. The van der Waals surface area contributed by atoms with Gasteiger partial charge in [-0.15, -0.1) is 0 Å². The van der Waals surface area contributed by atoms with Crippen molar-refractivity contribution in [3.63, 3.8) is 0 Å². The first-order chi connectivity index (χ1) is 30.2. The van der Waals surface area contributed by atoms with Crippen molar-refractivity contribution in [3.8, 4) is 11.5 Å². The number of hydrogen-bond donors (Lipinski definition) is 1. The van der Waals surface area contributed by atoms with Crippen molar-refractivity contribution >= 4 is 47.5 Å². The van der Waals surface area contributed by atoms with Crippen molar-refractivity contribution < 1.29 is 72.4 Å². The Labute approximate surface area is 388 Å². The third kappa shape index (κ3) is 10.3. The van der Waals surface area contributed by atoms with Gasteiger partial charge in [-0.2, -0.15) is 0 Å². The fourth-order valence-corrected chi connectivity index (χ4v) is 8.62. The van der Waals surface area contributed by atoms with Gasteiger partial charge in [-0.1, -0.05) is 12.1 Å². The Balaban J connectivity index is 0.000000237. The predicted molar refractivity (Wildman–Crippen MR) is 228 cm³/mol. The SMILES string of the molecule is COC(=O)c1cnc(N2CCC3(CC2)CC(=O)N(Cc2cc(OC)ccc2C)C3=O)nc1.COc1ccc(C)c(CN2C(=O)CC3(CCN(c4ncc(C(=O)O)cn4)CC3)C2=O)c1.[Li+].[OH-]. The van der Waals surface area contributed by atoms with Crippen LogP contribution in [0.25, 0.3) is 0 Å². The molecule has 4 fully saturated rings. The minimum absolute atomic E-state index is 0. The van der Waals surface area contributed by atoms with Crippen LogP contribution in [-0.2, 0) is 37.0 Å². The predicted octanol–water partition coefficient (Wildman–Crippen LogP) is 0.991. The molecular formula is C45H51LiN8O11. The van der Waals surface area contributed by atoms with Gasteiger partial charge >= 0.3 is 30.8 Å². The Bertz CT molecular complexity index is 2420. The number of ether oxygens (including phenoxy) is 3. The summed E-state index contributed by atoms with van der Waals surface area (Å²) in [5.74, 6) is 0.234. The zero-order valence-electron chi connectivity index (χ0n) is 37.4. The molecule has 0 atom stereocenters. The van der Waals surface area contributed by atoms with Gasteiger partial charge in [-0.3, -0.25) is 29.0 Å². The van der Waals surface area contributed by atoms with Crippen molar-refractivity contribution in [1.82, 2.24) is 29.7 Å². The fourth-order valence-electron chi connectivity index (χ4n) is 8.62. The van der Waals surface area contributed by atoms with Crippen LogP contribution in [0.5, 0.6) is 11.5 Å². The summed E-state index contributed by atoms with van der Waals surface area (Å²) in [7, 11) is 4.48. The van der Waals surface area contributed by atoms with Gasteiger partial charge in [0.05, 0.1) is 56.4 Å². The standard InChI is InChI=1S/C23H26N4O5.C22H24N4O5.Li.H2O/c1-15-4-5-18(31-2)10-16(15)14-27-19(28)11-23(21(27)30)6-8-26(9-7-23)22-24-12-17(13-25-22)20(29)32-3;1-14-3-4-17(31-2)9-15(14)13-26-18(27)10-22(20(26)30)5-7-25(8-6-22)21-23-11-16(12-24-21)19(28)29;;/h4-5,10,12-13H,6-9,11,14H2,1-3H3;3-4,9,11-12H,5-8,10,13H2,1-2H3,(H,28,29);;1H2/q;;+1;/p-1. The summed E-state index contributed by atoms with van der Waals surface area (Å²) >= 11 is 0. The molecule has 2 aromatic carbocycles. The summed E-state index contributed by atoms with van der Waals surface area (Å²) in [6.45, 7) is 6.57. The Hall–Kier alpha value is -6.42. The maximum absolute atomic E-state index is 13.3. The maximum atomic E-state index is 13.3. The smallest absolute Gasteiger partial charge is 0.870 e. The van der Waals surface area contributed by atoms with Crippen molar-refractivity contribution in [2.45, 2.75) is 65.5 Å². The van der Waals surface area contributed by atoms with E-state index in [4.69, 9.17) is 14.6 Å². The van der Waals surface area contributed by atoms with E-state index in [1.165, 1.54) is 41.7 Å². The average Bonchev–Trinajstić information content (AvgIpc) is 3.66. The molecule has 19 nitrogen and oxygen atoms in total. The van der Waals surface area contributed by atoms with E-state index in [1.54, 1.807) is 14.2 Å². The van der Waals surface area contributed by atoms with Crippen LogP contribution >= 0.6 is 0 Å². The van der Waals surface area contributed by atoms with Crippen LogP contribution < -0.4 is 38.1 Å². The van der Waals surface area contributed by atoms with Crippen LogP contribution in [-0.4, -0.2) is 123 Å². The van der Waals surface area contributed by atoms with E-state index < -0.39 is 22.8 Å². The normalized spacial score (nSPS) is 17.3. The number of benzene rings is 2. The minimum atomic E-state index is -1.08. The maximum Gasteiger partial charge on any atom is 1.00 e. The Kier molecular flexibility index (Phi) is 15.7. The molecule has 6 heterocycles. The second kappa shape index (κ2) is 20.6. The number of hydrogen-bond acceptors (Lipinski definition) is 16. The average molecular weight is 887 g/mol. The number of esters is 1. The van der Waals surface area contributed by atoms with Crippen LogP contribution in [0.15, 0.2) is 61.2 Å². The number of piperidine rings is 2. The van der Waals surface area contributed by atoms with Gasteiger partial charge in [-0.25, -0.2) is 29.5 Å². The number of carboxylic acids is 1. The fraction of sp³-hybridized carbons (Fsp3) is 0.422. The van der Waals surface area contributed by atoms with E-state index in [9.17, 15) is 28.8 Å². The van der Waals surface area contributed by atoms with E-state index in [0.717, 1.165) is 22.3 Å². The van der Waals surface area contributed by atoms with E-state index in [0.29, 0.717) is 75.3 Å². The van der Waals surface area contributed by atoms with Gasteiger partial charge in [0.2, 0.25) is 35.5 Å². The van der Waals surface area contributed by atoms with Crippen molar-refractivity contribution in [1.29, 1.82) is 0 Å². The molecule has 4 aliphatic rings. The second-order valence-corrected chi connectivity index (χ2v) is 16.4. The molecule has 4 aromatic rings. The molecule has 65 heavy (non-hydrogen) atoms. The molecule has 0 saturated carbocycles. The van der Waals surface area contributed by atoms with Gasteiger partial charge in [0, 0.05) is 63.8 Å². The number of nitrogens with zero attached hydrogens (tertiary/aromatic N) is 8. The first kappa shape index (κ1) is 49.6. The number of imide groups is 2. The van der Waals surface area contributed by atoms with Crippen molar-refractivity contribution in [2.24, 2.45) is 10.8 Å². The molecule has 0 aliphatic carbocycles. The quantitative estimate of drug-likeness (QED) is 0.133. The van der Waals surface area contributed by atoms with Gasteiger partial charge < -0.3 is 34.6 Å². The van der Waals surface area contributed by atoms with Crippen LogP contribution in [0.4, 0.5) is 11.9 Å². The number of anilines is 2. The third-order valence-electron chi connectivity index (χ3n) is 12.7. The van der Waals surface area contributed by atoms with Crippen LogP contribution in [0.3, 0.4) is 0 Å². The number of aromatic carboxylic acids is 1. The third-order valence-corrected chi connectivity index (χ3v) is 12.7. The number of likely N-dealkylation sites (tertiary alicyclic amines) is 2. The number of aromatic nitrogens is 4. The topological polar surface area (TPSA) is 245 Å². The monoisotopic (exact) mass is 886 g/mol. The summed E-state index contributed by atoms with van der Waals surface area (Å²) in [6.07, 6.45) is 7.99. The first-order valence-corrected chi connectivity index (χ1v) is 20.6. The first-order valence-electron chi connectivity index (χ1n) is 20.6. The van der Waals surface area contributed by atoms with E-state index in [1.807, 2.05) is 60.0 Å². The number of carboxylic acid groups (broad SMARTS) is 1. The Morgan fingerprint density at radius 2 is 1.00 bits per heavy atom. The molecule has 2 spiro atoms. The number of aryl methyl sites for hydroxylation is 2. The van der Waals surface area contributed by atoms with E-state index >= 15 is 0 Å². The van der Waals surface area contributed by atoms with Gasteiger partial charge in [0.25, 0.3) is 0 Å².